The summed E-state index contributed by atoms with van der Waals surface area (Å²) in [6, 6.07) is 0. The second kappa shape index (κ2) is 5.61. The molecule has 0 spiro atoms. The SMILES string of the molecule is C[C@H](CO)OC(CO)CO. The van der Waals surface area contributed by atoms with Crippen molar-refractivity contribution < 1.29 is 20.1 Å². The smallest absolute Gasteiger partial charge is 0.104 e. The van der Waals surface area contributed by atoms with E-state index in [9.17, 15) is 0 Å². The molecule has 0 radical (unpaired) electrons. The third-order valence-corrected chi connectivity index (χ3v) is 1.09. The van der Waals surface area contributed by atoms with E-state index in [1.807, 2.05) is 0 Å². The summed E-state index contributed by atoms with van der Waals surface area (Å²) in [5, 5.41) is 25.5. The van der Waals surface area contributed by atoms with Gasteiger partial charge in [-0.05, 0) is 6.92 Å². The minimum Gasteiger partial charge on any atom is -0.394 e. The average Bonchev–Trinajstić information content (AvgIpc) is 1.99. The summed E-state index contributed by atoms with van der Waals surface area (Å²) >= 11 is 0. The summed E-state index contributed by atoms with van der Waals surface area (Å²) in [5.41, 5.74) is 0. The van der Waals surface area contributed by atoms with Gasteiger partial charge in [0.1, 0.15) is 6.10 Å². The van der Waals surface area contributed by atoms with Crippen molar-refractivity contribution in [3.05, 3.63) is 0 Å². The van der Waals surface area contributed by atoms with Crippen molar-refractivity contribution in [2.45, 2.75) is 19.1 Å². The highest BCUT2D eigenvalue weighted by Crippen LogP contribution is 1.95. The first kappa shape index (κ1) is 9.84. The molecule has 0 aromatic heterocycles. The first-order valence-electron chi connectivity index (χ1n) is 3.22. The second-order valence-corrected chi connectivity index (χ2v) is 2.12. The van der Waals surface area contributed by atoms with Gasteiger partial charge in [-0.2, -0.15) is 0 Å². The number of hydrogen-bond acceptors (Lipinski definition) is 4. The minimum absolute atomic E-state index is 0.101. The zero-order valence-electron chi connectivity index (χ0n) is 6.03. The molecule has 0 aliphatic carbocycles. The zero-order chi connectivity index (χ0) is 7.98. The molecule has 0 aromatic carbocycles. The van der Waals surface area contributed by atoms with Crippen LogP contribution in [0.2, 0.25) is 0 Å². The Kier molecular flexibility index (Phi) is 5.52. The highest BCUT2D eigenvalue weighted by atomic mass is 16.5. The normalized spacial score (nSPS) is 14.1. The second-order valence-electron chi connectivity index (χ2n) is 2.12. The highest BCUT2D eigenvalue weighted by Gasteiger charge is 2.09. The summed E-state index contributed by atoms with van der Waals surface area (Å²) < 4.78 is 4.95. The van der Waals surface area contributed by atoms with Crippen molar-refractivity contribution >= 4 is 0 Å². The fourth-order valence-electron chi connectivity index (χ4n) is 0.515. The zero-order valence-corrected chi connectivity index (χ0v) is 6.03. The molecule has 0 amide bonds. The van der Waals surface area contributed by atoms with E-state index in [1.165, 1.54) is 0 Å². The quantitative estimate of drug-likeness (QED) is 0.457. The third-order valence-electron chi connectivity index (χ3n) is 1.09. The van der Waals surface area contributed by atoms with Crippen molar-refractivity contribution in [1.82, 2.24) is 0 Å². The van der Waals surface area contributed by atoms with Crippen molar-refractivity contribution in [1.29, 1.82) is 0 Å². The Labute approximate surface area is 60.1 Å². The van der Waals surface area contributed by atoms with E-state index >= 15 is 0 Å². The van der Waals surface area contributed by atoms with Crippen molar-refractivity contribution in [2.24, 2.45) is 0 Å². The maximum atomic E-state index is 8.50. The lowest BCUT2D eigenvalue weighted by Crippen LogP contribution is -2.28. The molecule has 0 aliphatic heterocycles. The molecule has 0 aliphatic rings. The van der Waals surface area contributed by atoms with Crippen LogP contribution in [-0.4, -0.2) is 47.3 Å². The molecule has 0 rings (SSSR count). The fourth-order valence-corrected chi connectivity index (χ4v) is 0.515. The van der Waals surface area contributed by atoms with Crippen molar-refractivity contribution in [3.63, 3.8) is 0 Å². The lowest BCUT2D eigenvalue weighted by molar-refractivity contribution is -0.0721. The molecule has 1 atom stereocenters. The summed E-state index contributed by atoms with van der Waals surface area (Å²) in [7, 11) is 0. The Morgan fingerprint density at radius 1 is 1.10 bits per heavy atom. The number of rotatable bonds is 5. The Bertz CT molecular complexity index is 72.1. The van der Waals surface area contributed by atoms with Crippen molar-refractivity contribution in [2.75, 3.05) is 19.8 Å². The summed E-state index contributed by atoms with van der Waals surface area (Å²) in [6.45, 7) is 1.12. The monoisotopic (exact) mass is 150 g/mol. The van der Waals surface area contributed by atoms with Crippen LogP contribution >= 0.6 is 0 Å². The average molecular weight is 150 g/mol. The maximum absolute atomic E-state index is 8.50. The van der Waals surface area contributed by atoms with E-state index < -0.39 is 6.10 Å². The van der Waals surface area contributed by atoms with Gasteiger partial charge in [0.15, 0.2) is 0 Å². The van der Waals surface area contributed by atoms with E-state index in [2.05, 4.69) is 0 Å². The molecule has 0 saturated carbocycles. The molecule has 0 unspecified atom stereocenters. The molecule has 3 N–H and O–H groups in total. The molecule has 4 nitrogen and oxygen atoms in total. The number of hydrogen-bond donors (Lipinski definition) is 3. The van der Waals surface area contributed by atoms with Gasteiger partial charge in [0, 0.05) is 0 Å². The number of aliphatic hydroxyl groups excluding tert-OH is 3. The summed E-state index contributed by atoms with van der Waals surface area (Å²) in [5.74, 6) is 0. The van der Waals surface area contributed by atoms with Crippen LogP contribution in [0, 0.1) is 0 Å². The molecule has 10 heavy (non-hydrogen) atoms. The van der Waals surface area contributed by atoms with Gasteiger partial charge in [0.2, 0.25) is 0 Å². The Balaban J connectivity index is 3.41. The van der Waals surface area contributed by atoms with E-state index in [-0.39, 0.29) is 25.9 Å². The van der Waals surface area contributed by atoms with Gasteiger partial charge >= 0.3 is 0 Å². The molecule has 0 aromatic rings. The molecular formula is C6H14O4. The number of aliphatic hydroxyl groups is 3. The lowest BCUT2D eigenvalue weighted by Gasteiger charge is -2.16. The van der Waals surface area contributed by atoms with Gasteiger partial charge in [-0.25, -0.2) is 0 Å². The largest absolute Gasteiger partial charge is 0.394 e. The number of ether oxygens (including phenoxy) is 1. The Morgan fingerprint density at radius 2 is 1.60 bits per heavy atom. The van der Waals surface area contributed by atoms with Gasteiger partial charge in [-0.1, -0.05) is 0 Å². The molecule has 0 saturated heterocycles. The first-order chi connectivity index (χ1) is 4.74. The van der Waals surface area contributed by atoms with Crippen LogP contribution in [0.1, 0.15) is 6.92 Å². The van der Waals surface area contributed by atoms with Crippen LogP contribution in [0.5, 0.6) is 0 Å². The topological polar surface area (TPSA) is 69.9 Å². The van der Waals surface area contributed by atoms with Crippen LogP contribution in [-0.2, 0) is 4.74 Å². The molecule has 0 bridgehead atoms. The Morgan fingerprint density at radius 3 is 1.90 bits per heavy atom. The summed E-state index contributed by atoms with van der Waals surface area (Å²) in [4.78, 5) is 0. The lowest BCUT2D eigenvalue weighted by atomic mass is 10.3. The van der Waals surface area contributed by atoms with E-state index in [0.717, 1.165) is 0 Å². The Hall–Kier alpha value is -0.160. The fraction of sp³-hybridized carbons (Fsp3) is 1.00. The predicted octanol–water partition coefficient (Wildman–Crippen LogP) is -1.26. The molecule has 0 fully saturated rings. The minimum atomic E-state index is -0.567. The van der Waals surface area contributed by atoms with Crippen LogP contribution in [0.25, 0.3) is 0 Å². The first-order valence-corrected chi connectivity index (χ1v) is 3.22. The molecule has 4 heteroatoms. The van der Waals surface area contributed by atoms with Gasteiger partial charge in [-0.15, -0.1) is 0 Å². The van der Waals surface area contributed by atoms with Gasteiger partial charge < -0.3 is 20.1 Å². The van der Waals surface area contributed by atoms with Crippen LogP contribution in [0.15, 0.2) is 0 Å². The predicted molar refractivity (Wildman–Crippen MR) is 35.6 cm³/mol. The van der Waals surface area contributed by atoms with E-state index in [1.54, 1.807) is 6.92 Å². The van der Waals surface area contributed by atoms with Crippen molar-refractivity contribution in [3.8, 4) is 0 Å². The maximum Gasteiger partial charge on any atom is 0.104 e. The van der Waals surface area contributed by atoms with Crippen LogP contribution in [0.4, 0.5) is 0 Å². The van der Waals surface area contributed by atoms with Gasteiger partial charge in [-0.3, -0.25) is 0 Å². The molecule has 62 valence electrons. The van der Waals surface area contributed by atoms with Crippen LogP contribution < -0.4 is 0 Å². The van der Waals surface area contributed by atoms with Gasteiger partial charge in [0.05, 0.1) is 25.9 Å². The highest BCUT2D eigenvalue weighted by molar-refractivity contribution is 4.55. The summed E-state index contributed by atoms with van der Waals surface area (Å²) in [6.07, 6.45) is -0.897. The standard InChI is InChI=1S/C6H14O4/c1-5(2-7)10-6(3-8)4-9/h5-9H,2-4H2,1H3/t5-/m1/s1. The van der Waals surface area contributed by atoms with E-state index in [4.69, 9.17) is 20.1 Å². The third kappa shape index (κ3) is 3.79. The van der Waals surface area contributed by atoms with Crippen LogP contribution in [0.3, 0.4) is 0 Å². The molecule has 0 heterocycles. The van der Waals surface area contributed by atoms with E-state index in [0.29, 0.717) is 0 Å². The molecular weight excluding hydrogens is 136 g/mol. The van der Waals surface area contributed by atoms with Gasteiger partial charge in [0.25, 0.3) is 0 Å².